The molecule has 0 radical (unpaired) electrons. The molecular weight excluding hydrogens is 268 g/mol. The van der Waals surface area contributed by atoms with E-state index in [1.807, 2.05) is 0 Å². The average molecular weight is 292 g/mol. The molecule has 1 aromatic carbocycles. The van der Waals surface area contributed by atoms with Crippen LogP contribution in [0.1, 0.15) is 31.1 Å². The Kier molecular flexibility index (Phi) is 5.52. The number of nitrogens with two attached hydrogens (primary N) is 1. The van der Waals surface area contributed by atoms with Crippen molar-refractivity contribution < 1.29 is 4.74 Å². The molecule has 0 bridgehead atoms. The molecule has 0 amide bonds. The number of fused-ring (bicyclic) bond motifs is 1. The second-order valence-electron chi connectivity index (χ2n) is 5.46. The number of hydrogen-bond acceptors (Lipinski definition) is 3. The molecular formula is C16H24N2OS. The molecule has 1 aromatic rings. The van der Waals surface area contributed by atoms with Crippen molar-refractivity contribution in [1.82, 2.24) is 4.90 Å². The van der Waals surface area contributed by atoms with E-state index in [4.69, 9.17) is 22.7 Å². The molecule has 1 aliphatic heterocycles. The van der Waals surface area contributed by atoms with Crippen molar-refractivity contribution in [3.63, 3.8) is 0 Å². The van der Waals surface area contributed by atoms with Crippen molar-refractivity contribution in [1.29, 1.82) is 0 Å². The molecule has 0 saturated heterocycles. The Bertz CT molecular complexity index is 464. The summed E-state index contributed by atoms with van der Waals surface area (Å²) in [7, 11) is 0. The third kappa shape index (κ3) is 3.78. The summed E-state index contributed by atoms with van der Waals surface area (Å²) in [5.74, 6) is 0.240. The molecule has 0 fully saturated rings. The minimum absolute atomic E-state index is 0.165. The van der Waals surface area contributed by atoms with Crippen LogP contribution in [0.4, 0.5) is 0 Å². The molecule has 3 nitrogen and oxygen atoms in total. The van der Waals surface area contributed by atoms with Crippen molar-refractivity contribution in [3.8, 4) is 0 Å². The average Bonchev–Trinajstić information content (AvgIpc) is 2.46. The summed E-state index contributed by atoms with van der Waals surface area (Å²) in [6.07, 6.45) is 1.18. The largest absolute Gasteiger partial charge is 0.393 e. The maximum atomic E-state index is 5.97. The zero-order chi connectivity index (χ0) is 14.5. The molecule has 4 heteroatoms. The lowest BCUT2D eigenvalue weighted by molar-refractivity contribution is 0.0158. The van der Waals surface area contributed by atoms with Gasteiger partial charge in [-0.1, -0.05) is 50.3 Å². The third-order valence-electron chi connectivity index (χ3n) is 3.98. The van der Waals surface area contributed by atoms with E-state index in [9.17, 15) is 0 Å². The molecule has 1 aliphatic rings. The smallest absolute Gasteiger partial charge is 0.0954 e. The highest BCUT2D eigenvalue weighted by atomic mass is 32.1. The quantitative estimate of drug-likeness (QED) is 0.818. The molecule has 0 aromatic heterocycles. The Balaban J connectivity index is 2.03. The van der Waals surface area contributed by atoms with Crippen LogP contribution in [0.3, 0.4) is 0 Å². The molecule has 110 valence electrons. The van der Waals surface area contributed by atoms with Gasteiger partial charge < -0.3 is 10.5 Å². The highest BCUT2D eigenvalue weighted by Crippen LogP contribution is 2.27. The molecule has 2 N–H and O–H groups in total. The number of hydrogen-bond donors (Lipinski definition) is 1. The highest BCUT2D eigenvalue weighted by Gasteiger charge is 2.23. The fourth-order valence-electron chi connectivity index (χ4n) is 2.67. The third-order valence-corrected chi connectivity index (χ3v) is 4.38. The van der Waals surface area contributed by atoms with Crippen LogP contribution in [0.5, 0.6) is 0 Å². The molecule has 20 heavy (non-hydrogen) atoms. The van der Waals surface area contributed by atoms with Gasteiger partial charge in [0.25, 0.3) is 0 Å². The van der Waals surface area contributed by atoms with Crippen LogP contribution in [0.2, 0.25) is 0 Å². The van der Waals surface area contributed by atoms with Gasteiger partial charge in [-0.25, -0.2) is 0 Å². The minimum Gasteiger partial charge on any atom is -0.393 e. The normalized spacial score (nSPS) is 19.6. The molecule has 0 aliphatic carbocycles. The van der Waals surface area contributed by atoms with Crippen LogP contribution in [0, 0.1) is 5.92 Å². The van der Waals surface area contributed by atoms with Gasteiger partial charge >= 0.3 is 0 Å². The van der Waals surface area contributed by atoms with Gasteiger partial charge in [0.2, 0.25) is 0 Å². The summed E-state index contributed by atoms with van der Waals surface area (Å²) >= 11 is 5.07. The number of benzene rings is 1. The Morgan fingerprint density at radius 3 is 2.95 bits per heavy atom. The first-order valence-corrected chi connectivity index (χ1v) is 7.73. The van der Waals surface area contributed by atoms with Crippen molar-refractivity contribution in [2.24, 2.45) is 11.7 Å². The molecule has 2 rings (SSSR count). The van der Waals surface area contributed by atoms with Gasteiger partial charge in [0, 0.05) is 19.0 Å². The van der Waals surface area contributed by atoms with Crippen LogP contribution in [0.25, 0.3) is 0 Å². The first kappa shape index (κ1) is 15.4. The van der Waals surface area contributed by atoms with E-state index < -0.39 is 0 Å². The predicted octanol–water partition coefficient (Wildman–Crippen LogP) is 2.54. The summed E-state index contributed by atoms with van der Waals surface area (Å²) in [5.41, 5.74) is 8.47. The monoisotopic (exact) mass is 292 g/mol. The van der Waals surface area contributed by atoms with E-state index in [-0.39, 0.29) is 12.0 Å². The van der Waals surface area contributed by atoms with Crippen LogP contribution >= 0.6 is 12.2 Å². The summed E-state index contributed by atoms with van der Waals surface area (Å²) in [5, 5.41) is 0. The van der Waals surface area contributed by atoms with Crippen molar-refractivity contribution >= 4 is 17.2 Å². The fraction of sp³-hybridized carbons (Fsp3) is 0.562. The van der Waals surface area contributed by atoms with E-state index in [0.717, 1.165) is 32.7 Å². The van der Waals surface area contributed by atoms with Gasteiger partial charge in [0.15, 0.2) is 0 Å². The number of nitrogens with zero attached hydrogens (tertiary/aromatic N) is 1. The van der Waals surface area contributed by atoms with Gasteiger partial charge in [-0.2, -0.15) is 0 Å². The van der Waals surface area contributed by atoms with E-state index in [2.05, 4.69) is 43.0 Å². The van der Waals surface area contributed by atoms with Gasteiger partial charge in [-0.15, -0.1) is 0 Å². The van der Waals surface area contributed by atoms with Gasteiger partial charge in [-0.05, 0) is 24.1 Å². The topological polar surface area (TPSA) is 38.5 Å². The van der Waals surface area contributed by atoms with Gasteiger partial charge in [0.1, 0.15) is 0 Å². The van der Waals surface area contributed by atoms with Crippen LogP contribution in [-0.4, -0.2) is 36.1 Å². The highest BCUT2D eigenvalue weighted by molar-refractivity contribution is 7.80. The van der Waals surface area contributed by atoms with Crippen LogP contribution in [0.15, 0.2) is 24.3 Å². The summed E-state index contributed by atoms with van der Waals surface area (Å²) in [4.78, 5) is 2.96. The Morgan fingerprint density at radius 2 is 2.25 bits per heavy atom. The van der Waals surface area contributed by atoms with Crippen molar-refractivity contribution in [2.45, 2.75) is 26.4 Å². The van der Waals surface area contributed by atoms with Crippen molar-refractivity contribution in [3.05, 3.63) is 35.4 Å². The Hall–Kier alpha value is -0.970. The Morgan fingerprint density at radius 1 is 1.50 bits per heavy atom. The van der Waals surface area contributed by atoms with Crippen LogP contribution in [-0.2, 0) is 11.2 Å². The lowest BCUT2D eigenvalue weighted by atomic mass is 9.97. The second kappa shape index (κ2) is 7.16. The standard InChI is InChI=1S/C16H24N2OS/c1-3-18(10-12(2)16(17)20)11-15-14-7-5-4-6-13(14)8-9-19-15/h4-7,12,15H,3,8-11H2,1-2H3,(H2,17,20). The summed E-state index contributed by atoms with van der Waals surface area (Å²) in [6, 6.07) is 8.59. The van der Waals surface area contributed by atoms with Crippen LogP contribution < -0.4 is 5.73 Å². The maximum Gasteiger partial charge on any atom is 0.0954 e. The first-order valence-electron chi connectivity index (χ1n) is 7.33. The fourth-order valence-corrected chi connectivity index (χ4v) is 2.75. The van der Waals surface area contributed by atoms with Crippen molar-refractivity contribution in [2.75, 3.05) is 26.2 Å². The molecule has 0 spiro atoms. The number of likely N-dealkylation sites (N-methyl/N-ethyl adjacent to an activating group) is 1. The molecule has 1 heterocycles. The lowest BCUT2D eigenvalue weighted by Gasteiger charge is -2.32. The van der Waals surface area contributed by atoms with E-state index in [0.29, 0.717) is 4.99 Å². The first-order chi connectivity index (χ1) is 9.61. The Labute approximate surface area is 127 Å². The molecule has 0 saturated carbocycles. The summed E-state index contributed by atoms with van der Waals surface area (Å²) in [6.45, 7) is 7.84. The zero-order valence-corrected chi connectivity index (χ0v) is 13.2. The molecule has 2 unspecified atom stereocenters. The van der Waals surface area contributed by atoms with Gasteiger partial charge in [-0.3, -0.25) is 4.90 Å². The van der Waals surface area contributed by atoms with Gasteiger partial charge in [0.05, 0.1) is 17.7 Å². The molecule has 2 atom stereocenters. The SMILES string of the molecule is CCN(CC(C)C(N)=S)CC1OCCc2ccccc21. The lowest BCUT2D eigenvalue weighted by Crippen LogP contribution is -2.37. The zero-order valence-electron chi connectivity index (χ0n) is 12.3. The predicted molar refractivity (Wildman–Crippen MR) is 86.9 cm³/mol. The minimum atomic E-state index is 0.165. The maximum absolute atomic E-state index is 5.97. The summed E-state index contributed by atoms with van der Waals surface area (Å²) < 4.78 is 5.97. The van der Waals surface area contributed by atoms with E-state index >= 15 is 0 Å². The second-order valence-corrected chi connectivity index (χ2v) is 5.94. The number of rotatable bonds is 6. The van der Waals surface area contributed by atoms with E-state index in [1.165, 1.54) is 11.1 Å². The number of thiocarbonyl (C=S) groups is 1. The number of ether oxygens (including phenoxy) is 1. The van der Waals surface area contributed by atoms with E-state index in [1.54, 1.807) is 0 Å².